The summed E-state index contributed by atoms with van der Waals surface area (Å²) in [4.78, 5) is 14.1. The number of carbonyl (C=O) groups is 1. The smallest absolute Gasteiger partial charge is 0.239 e. The Balaban J connectivity index is 2.03. The zero-order chi connectivity index (χ0) is 13.7. The van der Waals surface area contributed by atoms with Crippen LogP contribution in [0.4, 0.5) is 0 Å². The maximum Gasteiger partial charge on any atom is 0.239 e. The molecule has 19 heavy (non-hydrogen) atoms. The molecule has 0 radical (unpaired) electrons. The van der Waals surface area contributed by atoms with Gasteiger partial charge in [-0.15, -0.1) is 0 Å². The summed E-state index contributed by atoms with van der Waals surface area (Å²) >= 11 is 1.71. The molecule has 2 N–H and O–H groups in total. The van der Waals surface area contributed by atoms with E-state index in [2.05, 4.69) is 0 Å². The van der Waals surface area contributed by atoms with Gasteiger partial charge in [-0.3, -0.25) is 4.79 Å². The van der Waals surface area contributed by atoms with E-state index in [1.54, 1.807) is 16.7 Å². The Morgan fingerprint density at radius 1 is 1.53 bits per heavy atom. The summed E-state index contributed by atoms with van der Waals surface area (Å²) in [6, 6.07) is 7.44. The molecule has 1 heterocycles. The van der Waals surface area contributed by atoms with Gasteiger partial charge in [-0.1, -0.05) is 18.2 Å². The number of benzene rings is 1. The lowest BCUT2D eigenvalue weighted by atomic mass is 10.1. The largest absolute Gasteiger partial charge is 0.491 e. The molecule has 4 nitrogen and oxygen atoms in total. The van der Waals surface area contributed by atoms with Crippen molar-refractivity contribution in [3.8, 4) is 5.75 Å². The summed E-state index contributed by atoms with van der Waals surface area (Å²) in [7, 11) is 0. The summed E-state index contributed by atoms with van der Waals surface area (Å²) in [5.41, 5.74) is 7.01. The molecule has 1 aliphatic rings. The number of amides is 1. The monoisotopic (exact) mass is 280 g/mol. The maximum absolute atomic E-state index is 12.3. The van der Waals surface area contributed by atoms with Crippen molar-refractivity contribution < 1.29 is 9.53 Å². The van der Waals surface area contributed by atoms with Crippen LogP contribution in [0.1, 0.15) is 12.0 Å². The van der Waals surface area contributed by atoms with Crippen LogP contribution in [0.2, 0.25) is 0 Å². The van der Waals surface area contributed by atoms with Gasteiger partial charge < -0.3 is 15.4 Å². The lowest BCUT2D eigenvalue weighted by Crippen LogP contribution is -2.44. The first kappa shape index (κ1) is 14.2. The number of hydrogen-bond acceptors (Lipinski definition) is 4. The van der Waals surface area contributed by atoms with Crippen molar-refractivity contribution in [2.24, 2.45) is 5.73 Å². The van der Waals surface area contributed by atoms with Gasteiger partial charge in [-0.2, -0.15) is 11.8 Å². The summed E-state index contributed by atoms with van der Waals surface area (Å²) in [6.07, 6.45) is 2.74. The fourth-order valence-corrected chi connectivity index (χ4v) is 2.61. The number of rotatable bonds is 4. The van der Waals surface area contributed by atoms with Gasteiger partial charge in [0.2, 0.25) is 5.91 Å². The second kappa shape index (κ2) is 6.82. The van der Waals surface area contributed by atoms with Crippen molar-refractivity contribution in [1.29, 1.82) is 0 Å². The van der Waals surface area contributed by atoms with Crippen LogP contribution in [-0.4, -0.2) is 42.0 Å². The van der Waals surface area contributed by atoms with E-state index in [1.807, 2.05) is 30.5 Å². The van der Waals surface area contributed by atoms with Gasteiger partial charge in [0.1, 0.15) is 12.4 Å². The molecular weight excluding hydrogens is 260 g/mol. The Hall–Kier alpha value is -1.20. The first-order chi connectivity index (χ1) is 9.22. The standard InChI is InChI=1S/C14H20N2O2S/c1-19-9-6-12(15)14(17)16-7-8-18-13-5-3-2-4-11(13)10-16/h2-5,12H,6-10,15H2,1H3/t12-/m1/s1. The first-order valence-corrected chi connectivity index (χ1v) is 7.85. The van der Waals surface area contributed by atoms with Crippen LogP contribution in [0.3, 0.4) is 0 Å². The van der Waals surface area contributed by atoms with Crippen LogP contribution in [0.25, 0.3) is 0 Å². The fourth-order valence-electron chi connectivity index (χ4n) is 2.12. The predicted molar refractivity (Wildman–Crippen MR) is 78.3 cm³/mol. The Bertz CT molecular complexity index is 439. The molecular formula is C14H20N2O2S. The molecule has 1 atom stereocenters. The number of nitrogens with zero attached hydrogens (tertiary/aromatic N) is 1. The molecule has 0 saturated heterocycles. The number of ether oxygens (including phenoxy) is 1. The van der Waals surface area contributed by atoms with Crippen molar-refractivity contribution >= 4 is 17.7 Å². The van der Waals surface area contributed by atoms with Crippen LogP contribution in [0.5, 0.6) is 5.75 Å². The molecule has 1 aliphatic heterocycles. The Morgan fingerprint density at radius 2 is 2.32 bits per heavy atom. The van der Waals surface area contributed by atoms with Gasteiger partial charge >= 0.3 is 0 Å². The van der Waals surface area contributed by atoms with Crippen LogP contribution in [0.15, 0.2) is 24.3 Å². The molecule has 0 aromatic heterocycles. The van der Waals surface area contributed by atoms with E-state index >= 15 is 0 Å². The summed E-state index contributed by atoms with van der Waals surface area (Å²) in [6.45, 7) is 1.71. The van der Waals surface area contributed by atoms with Gasteiger partial charge in [-0.05, 0) is 24.5 Å². The van der Waals surface area contributed by atoms with Crippen molar-refractivity contribution in [1.82, 2.24) is 4.90 Å². The SMILES string of the molecule is CSCC[C@@H](N)C(=O)N1CCOc2ccccc2C1. The van der Waals surface area contributed by atoms with E-state index in [0.29, 0.717) is 19.7 Å². The third-order valence-electron chi connectivity index (χ3n) is 3.21. The van der Waals surface area contributed by atoms with Gasteiger partial charge in [-0.25, -0.2) is 0 Å². The van der Waals surface area contributed by atoms with Crippen LogP contribution in [0, 0.1) is 0 Å². The number of para-hydroxylation sites is 1. The minimum absolute atomic E-state index is 0.0225. The number of fused-ring (bicyclic) bond motifs is 1. The van der Waals surface area contributed by atoms with E-state index in [-0.39, 0.29) is 5.91 Å². The second-order valence-corrected chi connectivity index (χ2v) is 5.59. The molecule has 1 aromatic carbocycles. The van der Waals surface area contributed by atoms with Gasteiger partial charge in [0.15, 0.2) is 0 Å². The predicted octanol–water partition coefficient (Wildman–Crippen LogP) is 1.49. The van der Waals surface area contributed by atoms with E-state index in [4.69, 9.17) is 10.5 Å². The molecule has 1 aromatic rings. The highest BCUT2D eigenvalue weighted by atomic mass is 32.2. The lowest BCUT2D eigenvalue weighted by molar-refractivity contribution is -0.133. The van der Waals surface area contributed by atoms with Crippen molar-refractivity contribution in [3.05, 3.63) is 29.8 Å². The second-order valence-electron chi connectivity index (χ2n) is 4.60. The highest BCUT2D eigenvalue weighted by molar-refractivity contribution is 7.98. The zero-order valence-corrected chi connectivity index (χ0v) is 12.0. The summed E-state index contributed by atoms with van der Waals surface area (Å²) in [5, 5.41) is 0. The lowest BCUT2D eigenvalue weighted by Gasteiger charge is -2.23. The zero-order valence-electron chi connectivity index (χ0n) is 11.2. The Kier molecular flexibility index (Phi) is 5.10. The van der Waals surface area contributed by atoms with E-state index in [1.165, 1.54) is 0 Å². The minimum atomic E-state index is -0.405. The molecule has 104 valence electrons. The Labute approximate surface area is 118 Å². The molecule has 0 aliphatic carbocycles. The van der Waals surface area contributed by atoms with Crippen LogP contribution >= 0.6 is 11.8 Å². The number of thioether (sulfide) groups is 1. The van der Waals surface area contributed by atoms with Crippen molar-refractivity contribution in [2.75, 3.05) is 25.2 Å². The van der Waals surface area contributed by atoms with Crippen molar-refractivity contribution in [2.45, 2.75) is 19.0 Å². The highest BCUT2D eigenvalue weighted by Gasteiger charge is 2.23. The van der Waals surface area contributed by atoms with E-state index in [0.717, 1.165) is 23.5 Å². The Morgan fingerprint density at radius 3 is 3.11 bits per heavy atom. The molecule has 1 amide bonds. The number of nitrogens with two attached hydrogens (primary N) is 1. The quantitative estimate of drug-likeness (QED) is 0.908. The number of hydrogen-bond donors (Lipinski definition) is 1. The average Bonchev–Trinajstić information content (AvgIpc) is 2.66. The normalized spacial score (nSPS) is 16.2. The fraction of sp³-hybridized carbons (Fsp3) is 0.500. The topological polar surface area (TPSA) is 55.6 Å². The van der Waals surface area contributed by atoms with Crippen LogP contribution < -0.4 is 10.5 Å². The molecule has 0 unspecified atom stereocenters. The van der Waals surface area contributed by atoms with Crippen LogP contribution in [-0.2, 0) is 11.3 Å². The maximum atomic E-state index is 12.3. The van der Waals surface area contributed by atoms with Gasteiger partial charge in [0.25, 0.3) is 0 Å². The molecule has 5 heteroatoms. The number of carbonyl (C=O) groups excluding carboxylic acids is 1. The summed E-state index contributed by atoms with van der Waals surface area (Å²) < 4.78 is 5.65. The molecule has 0 saturated carbocycles. The van der Waals surface area contributed by atoms with Gasteiger partial charge in [0.05, 0.1) is 12.6 Å². The molecule has 0 bridgehead atoms. The summed E-state index contributed by atoms with van der Waals surface area (Å²) in [5.74, 6) is 1.80. The van der Waals surface area contributed by atoms with Gasteiger partial charge in [0, 0.05) is 12.1 Å². The first-order valence-electron chi connectivity index (χ1n) is 6.46. The molecule has 0 fully saturated rings. The molecule has 2 rings (SSSR count). The molecule has 0 spiro atoms. The third kappa shape index (κ3) is 3.64. The van der Waals surface area contributed by atoms with Crippen molar-refractivity contribution in [3.63, 3.8) is 0 Å². The minimum Gasteiger partial charge on any atom is -0.491 e. The third-order valence-corrected chi connectivity index (χ3v) is 3.86. The average molecular weight is 280 g/mol. The van der Waals surface area contributed by atoms with E-state index < -0.39 is 6.04 Å². The van der Waals surface area contributed by atoms with E-state index in [9.17, 15) is 4.79 Å². The highest BCUT2D eigenvalue weighted by Crippen LogP contribution is 2.22.